The maximum atomic E-state index is 12.9. The van der Waals surface area contributed by atoms with Crippen molar-refractivity contribution in [2.24, 2.45) is 10.4 Å². The van der Waals surface area contributed by atoms with E-state index < -0.39 is 11.7 Å². The number of alkyl halides is 3. The molecule has 25 heavy (non-hydrogen) atoms. The molecule has 0 unspecified atom stereocenters. The van der Waals surface area contributed by atoms with Crippen molar-refractivity contribution in [3.8, 4) is 5.75 Å². The molecule has 2 aromatic rings. The molecule has 0 atom stereocenters. The molecular formula is C19H19F3N2O. The van der Waals surface area contributed by atoms with Gasteiger partial charge in [-0.15, -0.1) is 0 Å². The van der Waals surface area contributed by atoms with E-state index in [-0.39, 0.29) is 5.41 Å². The fourth-order valence-electron chi connectivity index (χ4n) is 2.54. The molecule has 132 valence electrons. The zero-order chi connectivity index (χ0) is 18.2. The van der Waals surface area contributed by atoms with Gasteiger partial charge in [0.25, 0.3) is 0 Å². The molecule has 1 aliphatic rings. The van der Waals surface area contributed by atoms with Gasteiger partial charge < -0.3 is 4.74 Å². The Bertz CT molecular complexity index is 820. The van der Waals surface area contributed by atoms with Gasteiger partial charge in [-0.05, 0) is 29.2 Å². The van der Waals surface area contributed by atoms with Crippen LogP contribution in [0.3, 0.4) is 0 Å². The van der Waals surface area contributed by atoms with Crippen LogP contribution in [0, 0.1) is 5.41 Å². The highest BCUT2D eigenvalue weighted by Crippen LogP contribution is 2.37. The summed E-state index contributed by atoms with van der Waals surface area (Å²) in [5.74, 6) is 0.597. The molecular weight excluding hydrogens is 329 g/mol. The van der Waals surface area contributed by atoms with Crippen LogP contribution in [-0.2, 0) is 12.6 Å². The fourth-order valence-corrected chi connectivity index (χ4v) is 2.54. The van der Waals surface area contributed by atoms with E-state index in [1.165, 1.54) is 6.07 Å². The highest BCUT2D eigenvalue weighted by Gasteiger charge is 2.32. The van der Waals surface area contributed by atoms with E-state index in [9.17, 15) is 13.2 Å². The lowest BCUT2D eigenvalue weighted by atomic mass is 9.98. The molecule has 0 radical (unpaired) electrons. The smallest absolute Gasteiger partial charge is 0.416 e. The Morgan fingerprint density at radius 1 is 1.12 bits per heavy atom. The number of hydrogen-bond acceptors (Lipinski definition) is 3. The fraction of sp³-hybridized carbons (Fsp3) is 0.368. The number of aliphatic imine (C=N–C) groups is 1. The minimum atomic E-state index is -4.37. The molecule has 0 aliphatic carbocycles. The van der Waals surface area contributed by atoms with Crippen LogP contribution in [0.2, 0.25) is 0 Å². The Kier molecular flexibility index (Phi) is 4.31. The van der Waals surface area contributed by atoms with E-state index in [1.54, 1.807) is 18.5 Å². The van der Waals surface area contributed by atoms with Crippen molar-refractivity contribution in [1.82, 2.24) is 4.98 Å². The third-order valence-electron chi connectivity index (χ3n) is 3.78. The summed E-state index contributed by atoms with van der Waals surface area (Å²) in [7, 11) is 0. The van der Waals surface area contributed by atoms with E-state index in [4.69, 9.17) is 4.74 Å². The summed E-state index contributed by atoms with van der Waals surface area (Å²) in [5.41, 5.74) is 1.90. The molecule has 3 rings (SSSR count). The molecule has 1 aromatic heterocycles. The number of hydrogen-bond donors (Lipinski definition) is 0. The summed E-state index contributed by atoms with van der Waals surface area (Å²) < 4.78 is 44.5. The van der Waals surface area contributed by atoms with Crippen LogP contribution in [0.1, 0.15) is 37.5 Å². The summed E-state index contributed by atoms with van der Waals surface area (Å²) in [6, 6.07) is 5.47. The third kappa shape index (κ3) is 4.00. The first-order chi connectivity index (χ1) is 11.6. The van der Waals surface area contributed by atoms with Gasteiger partial charge in [0, 0.05) is 18.2 Å². The minimum Gasteiger partial charge on any atom is -0.491 e. The summed E-state index contributed by atoms with van der Waals surface area (Å²) in [5, 5.41) is 0. The number of nitrogens with zero attached hydrogens (tertiary/aromatic N) is 2. The average molecular weight is 348 g/mol. The first-order valence-electron chi connectivity index (χ1n) is 7.98. The van der Waals surface area contributed by atoms with Crippen molar-refractivity contribution >= 4 is 11.4 Å². The van der Waals surface area contributed by atoms with Crippen molar-refractivity contribution in [2.75, 3.05) is 6.61 Å². The average Bonchev–Trinajstić information content (AvgIpc) is 2.94. The normalized spacial score (nSPS) is 14.2. The van der Waals surface area contributed by atoms with Crippen LogP contribution in [0.5, 0.6) is 5.75 Å². The quantitative estimate of drug-likeness (QED) is 0.764. The first kappa shape index (κ1) is 17.5. The van der Waals surface area contributed by atoms with Crippen LogP contribution >= 0.6 is 0 Å². The molecule has 0 saturated heterocycles. The Morgan fingerprint density at radius 3 is 2.56 bits per heavy atom. The summed E-state index contributed by atoms with van der Waals surface area (Å²) in [4.78, 5) is 8.49. The second-order valence-corrected chi connectivity index (χ2v) is 7.30. The van der Waals surface area contributed by atoms with Crippen molar-refractivity contribution in [1.29, 1.82) is 0 Å². The predicted molar refractivity (Wildman–Crippen MR) is 90.5 cm³/mol. The number of fused-ring (bicyclic) bond motifs is 1. The van der Waals surface area contributed by atoms with E-state index in [0.29, 0.717) is 30.2 Å². The number of halogens is 3. The van der Waals surface area contributed by atoms with E-state index in [0.717, 1.165) is 23.3 Å². The molecule has 6 heteroatoms. The van der Waals surface area contributed by atoms with Gasteiger partial charge >= 0.3 is 6.18 Å². The Morgan fingerprint density at radius 2 is 1.88 bits per heavy atom. The second kappa shape index (κ2) is 6.17. The highest BCUT2D eigenvalue weighted by molar-refractivity contribution is 6.08. The van der Waals surface area contributed by atoms with Gasteiger partial charge in [0.2, 0.25) is 0 Å². The number of pyridine rings is 1. The first-order valence-corrected chi connectivity index (χ1v) is 7.98. The molecule has 0 spiro atoms. The van der Waals surface area contributed by atoms with Gasteiger partial charge in [0.1, 0.15) is 5.75 Å². The molecule has 0 saturated carbocycles. The molecule has 3 nitrogen and oxygen atoms in total. The van der Waals surface area contributed by atoms with Gasteiger partial charge in [-0.2, -0.15) is 13.2 Å². The lowest BCUT2D eigenvalue weighted by Crippen LogP contribution is -2.18. The predicted octanol–water partition coefficient (Wildman–Crippen LogP) is 5.20. The van der Waals surface area contributed by atoms with Crippen LogP contribution < -0.4 is 4.74 Å². The van der Waals surface area contributed by atoms with E-state index in [2.05, 4.69) is 30.7 Å². The molecule has 0 bridgehead atoms. The third-order valence-corrected chi connectivity index (χ3v) is 3.78. The molecule has 1 aliphatic heterocycles. The Labute approximate surface area is 144 Å². The van der Waals surface area contributed by atoms with Gasteiger partial charge in [0.05, 0.1) is 29.8 Å². The highest BCUT2D eigenvalue weighted by atomic mass is 19.4. The molecule has 2 heterocycles. The van der Waals surface area contributed by atoms with Crippen molar-refractivity contribution in [3.05, 3.63) is 53.3 Å². The van der Waals surface area contributed by atoms with Crippen molar-refractivity contribution in [2.45, 2.75) is 33.4 Å². The second-order valence-electron chi connectivity index (χ2n) is 7.30. The number of aromatic nitrogens is 1. The zero-order valence-corrected chi connectivity index (χ0v) is 14.3. The molecule has 1 aromatic carbocycles. The van der Waals surface area contributed by atoms with Crippen LogP contribution in [0.15, 0.2) is 41.7 Å². The number of rotatable bonds is 3. The zero-order valence-electron chi connectivity index (χ0n) is 14.3. The summed E-state index contributed by atoms with van der Waals surface area (Å²) in [6.45, 7) is 6.68. The van der Waals surface area contributed by atoms with Gasteiger partial charge in [-0.1, -0.05) is 26.8 Å². The largest absolute Gasteiger partial charge is 0.491 e. The maximum absolute atomic E-state index is 12.9. The van der Waals surface area contributed by atoms with Crippen LogP contribution in [-0.4, -0.2) is 17.3 Å². The van der Waals surface area contributed by atoms with Crippen molar-refractivity contribution in [3.63, 3.8) is 0 Å². The minimum absolute atomic E-state index is 0.0187. The van der Waals surface area contributed by atoms with Gasteiger partial charge in [-0.3, -0.25) is 9.98 Å². The molecule has 0 fully saturated rings. The molecule has 0 N–H and O–H groups in total. The van der Waals surface area contributed by atoms with Crippen LogP contribution in [0.4, 0.5) is 18.9 Å². The van der Waals surface area contributed by atoms with E-state index in [1.807, 2.05) is 0 Å². The lowest BCUT2D eigenvalue weighted by Gasteiger charge is -2.20. The number of ether oxygens (including phenoxy) is 1. The summed E-state index contributed by atoms with van der Waals surface area (Å²) >= 11 is 0. The van der Waals surface area contributed by atoms with Crippen molar-refractivity contribution < 1.29 is 17.9 Å². The summed E-state index contributed by atoms with van der Waals surface area (Å²) in [6.07, 6.45) is -0.645. The Balaban J connectivity index is 1.90. The van der Waals surface area contributed by atoms with E-state index >= 15 is 0 Å². The van der Waals surface area contributed by atoms with Gasteiger partial charge in [0.15, 0.2) is 0 Å². The maximum Gasteiger partial charge on any atom is 0.416 e. The topological polar surface area (TPSA) is 34.5 Å². The Hall–Kier alpha value is -2.37. The van der Waals surface area contributed by atoms with Crippen LogP contribution in [0.25, 0.3) is 0 Å². The monoisotopic (exact) mass is 348 g/mol. The standard InChI is InChI=1S/C19H19F3N2O/c1-18(2,3)11-25-17-10-23-7-6-14(17)16-8-12-4-5-13(19(20,21)22)9-15(12)24-16/h4-7,9-10H,8,11H2,1-3H3. The molecule has 0 amide bonds. The van der Waals surface area contributed by atoms with Gasteiger partial charge in [-0.25, -0.2) is 0 Å². The SMILES string of the molecule is CC(C)(C)COc1cnccc1C1=Nc2cc(C(F)(F)F)ccc2C1. The lowest BCUT2D eigenvalue weighted by molar-refractivity contribution is -0.137. The number of benzene rings is 1.